The lowest BCUT2D eigenvalue weighted by Crippen LogP contribution is -2.37. The van der Waals surface area contributed by atoms with Crippen LogP contribution in [0.15, 0.2) is 66.7 Å². The van der Waals surface area contributed by atoms with Gasteiger partial charge >= 0.3 is 12.1 Å². The van der Waals surface area contributed by atoms with Crippen LogP contribution in [0.5, 0.6) is 5.75 Å². The van der Waals surface area contributed by atoms with Crippen LogP contribution in [0.4, 0.5) is 13.2 Å². The minimum absolute atomic E-state index is 0.229. The van der Waals surface area contributed by atoms with Gasteiger partial charge < -0.3 is 9.47 Å². The lowest BCUT2D eigenvalue weighted by atomic mass is 9.84. The van der Waals surface area contributed by atoms with Gasteiger partial charge in [-0.15, -0.1) is 0 Å². The Labute approximate surface area is 226 Å². The number of rotatable bonds is 10. The Morgan fingerprint density at radius 2 is 1.76 bits per heavy atom. The second kappa shape index (κ2) is 11.8. The van der Waals surface area contributed by atoms with Gasteiger partial charge in [-0.2, -0.15) is 13.2 Å². The summed E-state index contributed by atoms with van der Waals surface area (Å²) in [5.74, 6) is 0.426. The third kappa shape index (κ3) is 7.08. The number of nitrogens with zero attached hydrogens (tertiary/aromatic N) is 1. The number of cyclic esters (lactones) is 1. The zero-order valence-electron chi connectivity index (χ0n) is 21.5. The topological polar surface area (TPSA) is 38.8 Å². The van der Waals surface area contributed by atoms with E-state index in [1.54, 1.807) is 6.07 Å². The first-order valence-electron chi connectivity index (χ1n) is 12.6. The molecule has 0 radical (unpaired) electrons. The van der Waals surface area contributed by atoms with E-state index in [2.05, 4.69) is 30.9 Å². The molecule has 0 atom stereocenters. The van der Waals surface area contributed by atoms with Crippen molar-refractivity contribution in [2.75, 3.05) is 19.7 Å². The Bertz CT molecular complexity index is 1260. The van der Waals surface area contributed by atoms with Crippen LogP contribution in [0.1, 0.15) is 48.1 Å². The first-order chi connectivity index (χ1) is 18.0. The van der Waals surface area contributed by atoms with Gasteiger partial charge in [0.15, 0.2) is 0 Å². The van der Waals surface area contributed by atoms with Crippen molar-refractivity contribution < 1.29 is 27.4 Å². The van der Waals surface area contributed by atoms with Gasteiger partial charge in [-0.25, -0.2) is 0 Å². The molecule has 202 valence electrons. The fourth-order valence-electron chi connectivity index (χ4n) is 4.76. The van der Waals surface area contributed by atoms with Crippen molar-refractivity contribution in [2.24, 2.45) is 0 Å². The maximum Gasteiger partial charge on any atom is 0.417 e. The molecule has 1 heterocycles. The van der Waals surface area contributed by atoms with Crippen molar-refractivity contribution in [1.29, 1.82) is 0 Å². The smallest absolute Gasteiger partial charge is 0.417 e. The molecule has 4 nitrogen and oxygen atoms in total. The lowest BCUT2D eigenvalue weighted by molar-refractivity contribution is -0.145. The van der Waals surface area contributed by atoms with Gasteiger partial charge in [-0.1, -0.05) is 74.0 Å². The Morgan fingerprint density at radius 3 is 2.50 bits per heavy atom. The monoisotopic (exact) mass is 545 g/mol. The number of carbonyl (C=O) groups excluding carboxylic acids is 1. The van der Waals surface area contributed by atoms with Crippen LogP contribution in [-0.2, 0) is 40.7 Å². The molecule has 0 saturated heterocycles. The number of hydrogen-bond acceptors (Lipinski definition) is 4. The van der Waals surface area contributed by atoms with Gasteiger partial charge in [-0.3, -0.25) is 9.69 Å². The fraction of sp³-hybridized carbons (Fsp3) is 0.367. The van der Waals surface area contributed by atoms with Crippen molar-refractivity contribution in [3.05, 3.63) is 99.6 Å². The van der Waals surface area contributed by atoms with Crippen molar-refractivity contribution in [3.8, 4) is 5.75 Å². The normalized spacial score (nSPS) is 13.8. The van der Waals surface area contributed by atoms with E-state index < -0.39 is 11.7 Å². The molecule has 0 fully saturated rings. The third-order valence-electron chi connectivity index (χ3n) is 6.74. The molecule has 0 aliphatic carbocycles. The predicted octanol–water partition coefficient (Wildman–Crippen LogP) is 7.21. The summed E-state index contributed by atoms with van der Waals surface area (Å²) in [5, 5.41) is -0.258. The summed E-state index contributed by atoms with van der Waals surface area (Å²) >= 11 is 6.23. The van der Waals surface area contributed by atoms with Crippen LogP contribution < -0.4 is 4.74 Å². The third-order valence-corrected chi connectivity index (χ3v) is 7.19. The standard InChI is InChI=1S/C30H31ClF3NO3/c1-29(2,24-9-4-3-5-10-24)20-35(18-21-8-6-11-26(28(21)31)30(32,33)34)14-7-15-37-25-13-12-22-19-38-27(36)17-23(22)16-25/h3-6,8-13,16H,7,14-15,17-20H2,1-2H3. The maximum absolute atomic E-state index is 13.5. The second-order valence-corrected chi connectivity index (χ2v) is 10.6. The maximum atomic E-state index is 13.5. The molecule has 0 saturated carbocycles. The van der Waals surface area contributed by atoms with Gasteiger partial charge in [0, 0.05) is 25.0 Å². The van der Waals surface area contributed by atoms with Crippen LogP contribution >= 0.6 is 11.6 Å². The summed E-state index contributed by atoms with van der Waals surface area (Å²) < 4.78 is 51.4. The van der Waals surface area contributed by atoms with Crippen LogP contribution in [-0.4, -0.2) is 30.6 Å². The first-order valence-corrected chi connectivity index (χ1v) is 12.9. The average Bonchev–Trinajstić information content (AvgIpc) is 2.87. The van der Waals surface area contributed by atoms with Gasteiger partial charge in [0.1, 0.15) is 12.4 Å². The number of esters is 1. The van der Waals surface area contributed by atoms with E-state index >= 15 is 0 Å². The predicted molar refractivity (Wildman–Crippen MR) is 141 cm³/mol. The van der Waals surface area contributed by atoms with Crippen LogP contribution in [0, 0.1) is 0 Å². The van der Waals surface area contributed by atoms with Crippen LogP contribution in [0.2, 0.25) is 5.02 Å². The molecular weight excluding hydrogens is 515 g/mol. The highest BCUT2D eigenvalue weighted by atomic mass is 35.5. The largest absolute Gasteiger partial charge is 0.494 e. The number of carbonyl (C=O) groups is 1. The van der Waals surface area contributed by atoms with Crippen molar-refractivity contribution >= 4 is 17.6 Å². The number of hydrogen-bond donors (Lipinski definition) is 0. The SMILES string of the molecule is CC(C)(CN(CCCOc1ccc2c(c1)CC(=O)OC2)Cc1cccc(C(F)(F)F)c1Cl)c1ccccc1. The summed E-state index contributed by atoms with van der Waals surface area (Å²) in [5.41, 5.74) is 2.40. The molecule has 38 heavy (non-hydrogen) atoms. The van der Waals surface area contributed by atoms with E-state index in [1.807, 2.05) is 36.4 Å². The molecule has 4 rings (SSSR count). The second-order valence-electron chi connectivity index (χ2n) is 10.2. The summed E-state index contributed by atoms with van der Waals surface area (Å²) in [4.78, 5) is 13.7. The Kier molecular flexibility index (Phi) is 8.68. The fourth-order valence-corrected chi connectivity index (χ4v) is 5.05. The lowest BCUT2D eigenvalue weighted by Gasteiger charge is -2.33. The van der Waals surface area contributed by atoms with E-state index in [4.69, 9.17) is 21.1 Å². The van der Waals surface area contributed by atoms with Crippen molar-refractivity contribution in [1.82, 2.24) is 4.90 Å². The van der Waals surface area contributed by atoms with Crippen molar-refractivity contribution in [2.45, 2.75) is 51.4 Å². The summed E-state index contributed by atoms with van der Waals surface area (Å²) in [6, 6.07) is 19.7. The molecule has 1 aliphatic rings. The van der Waals surface area contributed by atoms with Gasteiger partial charge in [0.25, 0.3) is 0 Å². The zero-order chi connectivity index (χ0) is 27.3. The van der Waals surface area contributed by atoms with E-state index in [0.717, 1.165) is 22.8 Å². The number of fused-ring (bicyclic) bond motifs is 1. The molecule has 0 amide bonds. The summed E-state index contributed by atoms with van der Waals surface area (Å²) in [6.45, 7) is 6.43. The van der Waals surface area contributed by atoms with Crippen LogP contribution in [0.3, 0.4) is 0 Å². The van der Waals surface area contributed by atoms with Crippen molar-refractivity contribution in [3.63, 3.8) is 0 Å². The zero-order valence-corrected chi connectivity index (χ0v) is 22.2. The summed E-state index contributed by atoms with van der Waals surface area (Å²) in [6.07, 6.45) is -3.63. The van der Waals surface area contributed by atoms with Gasteiger partial charge in [-0.05, 0) is 46.9 Å². The Balaban J connectivity index is 1.45. The highest BCUT2D eigenvalue weighted by Gasteiger charge is 2.34. The van der Waals surface area contributed by atoms with E-state index in [9.17, 15) is 18.0 Å². The van der Waals surface area contributed by atoms with E-state index in [-0.39, 0.29) is 36.0 Å². The molecule has 3 aromatic rings. The molecule has 0 bridgehead atoms. The Morgan fingerprint density at radius 1 is 1.00 bits per heavy atom. The molecule has 1 aliphatic heterocycles. The summed E-state index contributed by atoms with van der Waals surface area (Å²) in [7, 11) is 0. The van der Waals surface area contributed by atoms with Crippen LogP contribution in [0.25, 0.3) is 0 Å². The minimum Gasteiger partial charge on any atom is -0.494 e. The number of alkyl halides is 3. The van der Waals surface area contributed by atoms with Gasteiger partial charge in [0.05, 0.1) is 23.6 Å². The average molecular weight is 546 g/mol. The number of halogens is 4. The Hall–Kier alpha value is -3.03. The highest BCUT2D eigenvalue weighted by molar-refractivity contribution is 6.32. The molecule has 0 aromatic heterocycles. The number of benzene rings is 3. The van der Waals surface area contributed by atoms with E-state index in [1.165, 1.54) is 6.07 Å². The van der Waals surface area contributed by atoms with E-state index in [0.29, 0.717) is 37.4 Å². The minimum atomic E-state index is -4.51. The molecule has 3 aromatic carbocycles. The quantitative estimate of drug-likeness (QED) is 0.199. The first kappa shape index (κ1) is 28.0. The molecule has 8 heteroatoms. The molecule has 0 spiro atoms. The number of ether oxygens (including phenoxy) is 2. The highest BCUT2D eigenvalue weighted by Crippen LogP contribution is 2.37. The molecular formula is C30H31ClF3NO3. The molecule has 0 N–H and O–H groups in total. The molecule has 0 unspecified atom stereocenters. The van der Waals surface area contributed by atoms with Gasteiger partial charge in [0.2, 0.25) is 0 Å².